The summed E-state index contributed by atoms with van der Waals surface area (Å²) in [6, 6.07) is 5.02. The number of halogens is 2. The van der Waals surface area contributed by atoms with Crippen LogP contribution in [0.3, 0.4) is 0 Å². The van der Waals surface area contributed by atoms with E-state index in [0.29, 0.717) is 22.2 Å². The van der Waals surface area contributed by atoms with Crippen molar-refractivity contribution in [2.45, 2.75) is 25.3 Å². The van der Waals surface area contributed by atoms with E-state index in [-0.39, 0.29) is 11.7 Å². The van der Waals surface area contributed by atoms with E-state index in [1.165, 1.54) is 6.07 Å². The highest BCUT2D eigenvalue weighted by molar-refractivity contribution is 9.10. The van der Waals surface area contributed by atoms with Gasteiger partial charge in [-0.15, -0.1) is 0 Å². The van der Waals surface area contributed by atoms with Crippen LogP contribution in [0.4, 0.5) is 4.39 Å². The molecule has 2 heterocycles. The average Bonchev–Trinajstić information content (AvgIpc) is 3.01. The second-order valence-electron chi connectivity index (χ2n) is 4.72. The molecule has 1 N–H and O–H groups in total. The van der Waals surface area contributed by atoms with Crippen molar-refractivity contribution in [2.75, 3.05) is 6.54 Å². The molecule has 1 aromatic carbocycles. The Balaban J connectivity index is 1.90. The summed E-state index contributed by atoms with van der Waals surface area (Å²) in [6.07, 6.45) is 0.996. The Hall–Kier alpha value is -1.27. The van der Waals surface area contributed by atoms with Crippen LogP contribution in [-0.4, -0.2) is 22.7 Å². The predicted molar refractivity (Wildman–Crippen MR) is 72.2 cm³/mol. The van der Waals surface area contributed by atoms with Crippen molar-refractivity contribution in [1.29, 1.82) is 0 Å². The normalized spacial score (nSPS) is 22.9. The van der Waals surface area contributed by atoms with Crippen LogP contribution >= 0.6 is 15.9 Å². The van der Waals surface area contributed by atoms with Crippen molar-refractivity contribution < 1.29 is 8.91 Å². The molecule has 100 valence electrons. The van der Waals surface area contributed by atoms with Crippen LogP contribution in [-0.2, 0) is 0 Å². The Morgan fingerprint density at radius 1 is 1.47 bits per heavy atom. The number of hydrogen-bond acceptors (Lipinski definition) is 4. The molecule has 3 rings (SSSR count). The second kappa shape index (κ2) is 5.02. The minimum atomic E-state index is -0.305. The third kappa shape index (κ3) is 2.42. The van der Waals surface area contributed by atoms with Crippen molar-refractivity contribution in [3.63, 3.8) is 0 Å². The van der Waals surface area contributed by atoms with Gasteiger partial charge in [0, 0.05) is 11.6 Å². The summed E-state index contributed by atoms with van der Waals surface area (Å²) in [5, 5.41) is 7.33. The van der Waals surface area contributed by atoms with Gasteiger partial charge in [0.2, 0.25) is 11.7 Å². The van der Waals surface area contributed by atoms with Crippen LogP contribution in [0.25, 0.3) is 11.4 Å². The lowest BCUT2D eigenvalue weighted by atomic mass is 10.0. The molecule has 0 radical (unpaired) electrons. The second-order valence-corrected chi connectivity index (χ2v) is 5.58. The van der Waals surface area contributed by atoms with Crippen LogP contribution in [0.5, 0.6) is 0 Å². The maximum Gasteiger partial charge on any atom is 0.231 e. The van der Waals surface area contributed by atoms with E-state index < -0.39 is 0 Å². The minimum Gasteiger partial charge on any atom is -0.339 e. The van der Waals surface area contributed by atoms with Gasteiger partial charge >= 0.3 is 0 Å². The molecule has 0 bridgehead atoms. The van der Waals surface area contributed by atoms with E-state index in [1.54, 1.807) is 12.1 Å². The largest absolute Gasteiger partial charge is 0.339 e. The Morgan fingerprint density at radius 3 is 3.00 bits per heavy atom. The van der Waals surface area contributed by atoms with E-state index in [4.69, 9.17) is 4.52 Å². The summed E-state index contributed by atoms with van der Waals surface area (Å²) in [6.45, 7) is 3.07. The van der Waals surface area contributed by atoms with Gasteiger partial charge in [-0.25, -0.2) is 4.39 Å². The number of benzene rings is 1. The number of rotatable bonds is 2. The van der Waals surface area contributed by atoms with E-state index >= 15 is 0 Å². The van der Waals surface area contributed by atoms with Gasteiger partial charge in [-0.3, -0.25) is 0 Å². The predicted octanol–water partition coefficient (Wildman–Crippen LogP) is 3.10. The molecule has 1 saturated heterocycles. The van der Waals surface area contributed by atoms with Gasteiger partial charge in [0.15, 0.2) is 0 Å². The Kier molecular flexibility index (Phi) is 3.36. The molecule has 2 atom stereocenters. The van der Waals surface area contributed by atoms with Crippen LogP contribution < -0.4 is 5.32 Å². The fourth-order valence-electron chi connectivity index (χ4n) is 2.33. The van der Waals surface area contributed by atoms with Crippen molar-refractivity contribution >= 4 is 15.9 Å². The number of nitrogens with one attached hydrogen (secondary N) is 1. The van der Waals surface area contributed by atoms with Gasteiger partial charge in [0.1, 0.15) is 5.82 Å². The lowest BCUT2D eigenvalue weighted by molar-refractivity contribution is 0.345. The van der Waals surface area contributed by atoms with Crippen LogP contribution in [0.15, 0.2) is 27.2 Å². The van der Waals surface area contributed by atoms with Gasteiger partial charge in [-0.05, 0) is 54.0 Å². The number of aromatic nitrogens is 2. The third-order valence-electron chi connectivity index (χ3n) is 3.46. The monoisotopic (exact) mass is 325 g/mol. The molecule has 0 saturated carbocycles. The van der Waals surface area contributed by atoms with E-state index in [0.717, 1.165) is 18.5 Å². The molecule has 0 amide bonds. The van der Waals surface area contributed by atoms with Crippen molar-refractivity contribution in [3.8, 4) is 11.4 Å². The Labute approximate surface area is 118 Å². The molecule has 4 nitrogen and oxygen atoms in total. The number of nitrogens with zero attached hydrogens (tertiary/aromatic N) is 2. The van der Waals surface area contributed by atoms with Gasteiger partial charge in [0.05, 0.1) is 10.4 Å². The molecule has 1 aliphatic heterocycles. The molecule has 1 fully saturated rings. The maximum absolute atomic E-state index is 13.2. The molecule has 1 aliphatic rings. The fourth-order valence-corrected chi connectivity index (χ4v) is 2.71. The lowest BCUT2D eigenvalue weighted by Crippen LogP contribution is -2.21. The van der Waals surface area contributed by atoms with E-state index in [2.05, 4.69) is 38.3 Å². The van der Waals surface area contributed by atoms with Crippen LogP contribution in [0.2, 0.25) is 0 Å². The molecule has 2 unspecified atom stereocenters. The zero-order chi connectivity index (χ0) is 13.4. The molecule has 1 aromatic heterocycles. The summed E-state index contributed by atoms with van der Waals surface area (Å²) in [5.41, 5.74) is 0.738. The van der Waals surface area contributed by atoms with Gasteiger partial charge in [0.25, 0.3) is 0 Å². The first-order valence-electron chi connectivity index (χ1n) is 6.17. The van der Waals surface area contributed by atoms with Crippen LogP contribution in [0.1, 0.15) is 25.2 Å². The Bertz CT molecular complexity index is 601. The highest BCUT2D eigenvalue weighted by atomic mass is 79.9. The molecule has 2 aromatic rings. The number of hydrogen-bond donors (Lipinski definition) is 1. The lowest BCUT2D eigenvalue weighted by Gasteiger charge is -2.08. The van der Waals surface area contributed by atoms with Gasteiger partial charge in [-0.1, -0.05) is 5.16 Å². The fraction of sp³-hybridized carbons (Fsp3) is 0.385. The van der Waals surface area contributed by atoms with Gasteiger partial charge in [-0.2, -0.15) is 4.98 Å². The first kappa shape index (κ1) is 12.7. The highest BCUT2D eigenvalue weighted by Gasteiger charge is 2.29. The zero-order valence-corrected chi connectivity index (χ0v) is 11.9. The van der Waals surface area contributed by atoms with Crippen molar-refractivity contribution in [2.24, 2.45) is 0 Å². The van der Waals surface area contributed by atoms with Crippen molar-refractivity contribution in [1.82, 2.24) is 15.5 Å². The smallest absolute Gasteiger partial charge is 0.231 e. The minimum absolute atomic E-state index is 0.255. The van der Waals surface area contributed by atoms with Crippen molar-refractivity contribution in [3.05, 3.63) is 34.4 Å². The summed E-state index contributed by atoms with van der Waals surface area (Å²) >= 11 is 3.15. The van der Waals surface area contributed by atoms with Crippen LogP contribution in [0, 0.1) is 5.82 Å². The maximum atomic E-state index is 13.2. The van der Waals surface area contributed by atoms with Gasteiger partial charge < -0.3 is 9.84 Å². The molecule has 0 spiro atoms. The molecule has 19 heavy (non-hydrogen) atoms. The summed E-state index contributed by atoms with van der Waals surface area (Å²) < 4.78 is 18.9. The standard InChI is InChI=1S/C13H13BrFN3O/c1-7-9(4-5-16-7)13-17-12(18-19-13)8-2-3-11(15)10(14)6-8/h2-3,6-7,9,16H,4-5H2,1H3. The first-order chi connectivity index (χ1) is 9.15. The summed E-state index contributed by atoms with van der Waals surface area (Å²) in [5.74, 6) is 1.09. The molecule has 6 heteroatoms. The summed E-state index contributed by atoms with van der Waals surface area (Å²) in [4.78, 5) is 4.42. The first-order valence-corrected chi connectivity index (χ1v) is 6.97. The quantitative estimate of drug-likeness (QED) is 0.921. The average molecular weight is 326 g/mol. The molecular formula is C13H13BrFN3O. The highest BCUT2D eigenvalue weighted by Crippen LogP contribution is 2.29. The molecule has 0 aliphatic carbocycles. The summed E-state index contributed by atoms with van der Waals surface area (Å²) in [7, 11) is 0. The zero-order valence-electron chi connectivity index (χ0n) is 10.4. The molecular weight excluding hydrogens is 313 g/mol. The third-order valence-corrected chi connectivity index (χ3v) is 4.07. The topological polar surface area (TPSA) is 51.0 Å². The Morgan fingerprint density at radius 2 is 2.32 bits per heavy atom. The van der Waals surface area contributed by atoms with E-state index in [1.807, 2.05) is 0 Å². The van der Waals surface area contributed by atoms with E-state index in [9.17, 15) is 4.39 Å². The SMILES string of the molecule is CC1NCCC1c1nc(-c2ccc(F)c(Br)c2)no1.